The van der Waals surface area contributed by atoms with E-state index >= 15 is 0 Å². The first kappa shape index (κ1) is 14.9. The van der Waals surface area contributed by atoms with Gasteiger partial charge >= 0.3 is 0 Å². The Morgan fingerprint density at radius 3 is 2.86 bits per heavy atom. The lowest BCUT2D eigenvalue weighted by Crippen LogP contribution is -2.02. The van der Waals surface area contributed by atoms with Crippen molar-refractivity contribution in [1.29, 1.82) is 5.26 Å². The molecule has 2 aromatic rings. The van der Waals surface area contributed by atoms with Gasteiger partial charge in [-0.05, 0) is 12.1 Å². The second-order valence-electron chi connectivity index (χ2n) is 3.67. The lowest BCUT2D eigenvalue weighted by atomic mass is 10.2. The number of benzene rings is 1. The molecule has 0 atom stereocenters. The minimum absolute atomic E-state index is 0.109. The zero-order chi connectivity index (χ0) is 15.2. The normalized spacial score (nSPS) is 10.4. The van der Waals surface area contributed by atoms with Crippen LogP contribution < -0.4 is 9.47 Å². The summed E-state index contributed by atoms with van der Waals surface area (Å²) in [6.45, 7) is -0.135. The van der Waals surface area contributed by atoms with E-state index in [2.05, 4.69) is 5.10 Å². The van der Waals surface area contributed by atoms with Crippen molar-refractivity contribution >= 4 is 11.8 Å². The molecule has 21 heavy (non-hydrogen) atoms. The van der Waals surface area contributed by atoms with E-state index in [4.69, 9.17) is 19.9 Å². The number of rotatable bonds is 6. The van der Waals surface area contributed by atoms with Crippen LogP contribution in [0.15, 0.2) is 35.4 Å². The molecule has 110 valence electrons. The van der Waals surface area contributed by atoms with Gasteiger partial charge in [0.2, 0.25) is 5.88 Å². The molecule has 0 bridgehead atoms. The van der Waals surface area contributed by atoms with Gasteiger partial charge in [-0.1, -0.05) is 22.9 Å². The van der Waals surface area contributed by atoms with Gasteiger partial charge in [-0.15, -0.1) is 10.1 Å². The number of nitrogens with zero attached hydrogens (tertiary/aromatic N) is 3. The number of nitriles is 1. The van der Waals surface area contributed by atoms with Crippen LogP contribution in [0.2, 0.25) is 0 Å². The molecule has 0 saturated heterocycles. The fourth-order valence-electron chi connectivity index (χ4n) is 1.56. The zero-order valence-corrected chi connectivity index (χ0v) is 11.3. The van der Waals surface area contributed by atoms with Crippen molar-refractivity contribution in [2.75, 3.05) is 0 Å². The van der Waals surface area contributed by atoms with E-state index in [0.29, 0.717) is 22.2 Å². The fourth-order valence-corrected chi connectivity index (χ4v) is 2.21. The van der Waals surface area contributed by atoms with Gasteiger partial charge in [0.05, 0.1) is 6.20 Å². The van der Waals surface area contributed by atoms with Gasteiger partial charge in [-0.2, -0.15) is 8.78 Å². The maximum atomic E-state index is 12.6. The second kappa shape index (κ2) is 6.81. The molecule has 1 heterocycles. The van der Waals surface area contributed by atoms with Crippen LogP contribution in [0.1, 0.15) is 5.56 Å². The van der Waals surface area contributed by atoms with E-state index in [1.54, 1.807) is 0 Å². The Labute approximate surface area is 122 Å². The van der Waals surface area contributed by atoms with E-state index in [0.717, 1.165) is 0 Å². The lowest BCUT2D eigenvalue weighted by molar-refractivity contribution is 0.141. The number of alkyl halides is 2. The molecule has 6 nitrogen and oxygen atoms in total. The van der Waals surface area contributed by atoms with Gasteiger partial charge in [-0.25, -0.2) is 0 Å². The van der Waals surface area contributed by atoms with Gasteiger partial charge in [0.15, 0.2) is 0 Å². The highest BCUT2D eigenvalue weighted by Gasteiger charge is 2.16. The van der Waals surface area contributed by atoms with Crippen molar-refractivity contribution in [1.82, 2.24) is 9.94 Å². The predicted octanol–water partition coefficient (Wildman–Crippen LogP) is 2.87. The molecule has 0 spiro atoms. The molecule has 2 rings (SSSR count). The lowest BCUT2D eigenvalue weighted by Gasteiger charge is -2.12. The molecular formula is C12H9F2N3O3S. The standard InChI is InChI=1S/C12H9F2N3O3S/c13-12(14)21-10-3-1-2-9(20-7-15)8(10)6-19-11-4-5-17(18)16-11/h1-5,12,18H,6H2. The molecular weight excluding hydrogens is 304 g/mol. The van der Waals surface area contributed by atoms with Crippen LogP contribution in [0.3, 0.4) is 0 Å². The quantitative estimate of drug-likeness (QED) is 0.502. The third kappa shape index (κ3) is 4.00. The summed E-state index contributed by atoms with van der Waals surface area (Å²) in [6, 6.07) is 5.85. The number of thioether (sulfide) groups is 1. The molecule has 0 amide bonds. The van der Waals surface area contributed by atoms with Crippen LogP contribution in [-0.4, -0.2) is 20.9 Å². The monoisotopic (exact) mass is 313 g/mol. The minimum atomic E-state index is -2.61. The summed E-state index contributed by atoms with van der Waals surface area (Å²) in [7, 11) is 0. The summed E-state index contributed by atoms with van der Waals surface area (Å²) in [5.74, 6) is -2.37. The average molecular weight is 313 g/mol. The Morgan fingerprint density at radius 2 is 2.24 bits per heavy atom. The molecule has 0 saturated carbocycles. The number of halogens is 2. The second-order valence-corrected chi connectivity index (χ2v) is 4.70. The van der Waals surface area contributed by atoms with E-state index in [1.165, 1.54) is 36.7 Å². The maximum absolute atomic E-state index is 12.6. The molecule has 9 heteroatoms. The third-order valence-corrected chi connectivity index (χ3v) is 3.19. The highest BCUT2D eigenvalue weighted by molar-refractivity contribution is 7.99. The van der Waals surface area contributed by atoms with Crippen LogP contribution in [0.5, 0.6) is 11.6 Å². The van der Waals surface area contributed by atoms with E-state index in [-0.39, 0.29) is 23.1 Å². The van der Waals surface area contributed by atoms with Crippen LogP contribution in [-0.2, 0) is 6.61 Å². The Kier molecular flexibility index (Phi) is 4.84. The molecule has 0 aliphatic rings. The van der Waals surface area contributed by atoms with Crippen molar-refractivity contribution in [3.8, 4) is 17.9 Å². The number of hydrogen-bond donors (Lipinski definition) is 1. The fraction of sp³-hybridized carbons (Fsp3) is 0.167. The summed E-state index contributed by atoms with van der Waals surface area (Å²) < 4.78 is 35.1. The molecule has 1 N–H and O–H groups in total. The van der Waals surface area contributed by atoms with Crippen LogP contribution >= 0.6 is 11.8 Å². The highest BCUT2D eigenvalue weighted by atomic mass is 32.2. The molecule has 0 radical (unpaired) electrons. The first-order valence-corrected chi connectivity index (χ1v) is 6.48. The number of aromatic nitrogens is 2. The topological polar surface area (TPSA) is 80.3 Å². The highest BCUT2D eigenvalue weighted by Crippen LogP contribution is 2.34. The summed E-state index contributed by atoms with van der Waals surface area (Å²) in [5.41, 5.74) is 0.303. The molecule has 0 fully saturated rings. The first-order chi connectivity index (χ1) is 10.1. The number of ether oxygens (including phenoxy) is 2. The van der Waals surface area contributed by atoms with Gasteiger partial charge in [-0.3, -0.25) is 0 Å². The van der Waals surface area contributed by atoms with Crippen LogP contribution in [0.25, 0.3) is 0 Å². The smallest absolute Gasteiger partial charge is 0.292 e. The van der Waals surface area contributed by atoms with Crippen molar-refractivity contribution in [2.45, 2.75) is 17.3 Å². The summed E-state index contributed by atoms with van der Waals surface area (Å²) >= 11 is 0.328. The Balaban J connectivity index is 2.23. The van der Waals surface area contributed by atoms with Gasteiger partial charge in [0.25, 0.3) is 12.0 Å². The maximum Gasteiger partial charge on any atom is 0.292 e. The summed E-state index contributed by atoms with van der Waals surface area (Å²) in [4.78, 5) is 0.795. The van der Waals surface area contributed by atoms with Crippen molar-refractivity contribution in [2.24, 2.45) is 0 Å². The van der Waals surface area contributed by atoms with E-state index < -0.39 is 5.76 Å². The van der Waals surface area contributed by atoms with Crippen LogP contribution in [0, 0.1) is 11.5 Å². The zero-order valence-electron chi connectivity index (χ0n) is 10.4. The third-order valence-electron chi connectivity index (χ3n) is 2.38. The van der Waals surface area contributed by atoms with Crippen molar-refractivity contribution in [3.05, 3.63) is 36.0 Å². The van der Waals surface area contributed by atoms with E-state index in [1.807, 2.05) is 0 Å². The largest absolute Gasteiger partial charge is 0.471 e. The molecule has 0 aliphatic heterocycles. The van der Waals surface area contributed by atoms with Crippen molar-refractivity contribution < 1.29 is 23.5 Å². The average Bonchev–Trinajstić information content (AvgIpc) is 2.83. The first-order valence-electron chi connectivity index (χ1n) is 5.60. The Hall–Kier alpha value is -2.47. The molecule has 1 aromatic carbocycles. The SMILES string of the molecule is N#COc1cccc(SC(F)F)c1COc1ccn(O)n1. The number of hydrogen-bond acceptors (Lipinski definition) is 6. The van der Waals surface area contributed by atoms with E-state index in [9.17, 15) is 8.78 Å². The summed E-state index contributed by atoms with van der Waals surface area (Å²) in [6.07, 6.45) is 2.75. The molecule has 0 unspecified atom stereocenters. The van der Waals surface area contributed by atoms with Crippen LogP contribution in [0.4, 0.5) is 8.78 Å². The van der Waals surface area contributed by atoms with Gasteiger partial charge < -0.3 is 14.7 Å². The Bertz CT molecular complexity index is 657. The van der Waals surface area contributed by atoms with Gasteiger partial charge in [0.1, 0.15) is 12.4 Å². The predicted molar refractivity (Wildman–Crippen MR) is 68.3 cm³/mol. The van der Waals surface area contributed by atoms with Crippen molar-refractivity contribution in [3.63, 3.8) is 0 Å². The minimum Gasteiger partial charge on any atom is -0.471 e. The molecule has 0 aliphatic carbocycles. The Morgan fingerprint density at radius 1 is 1.43 bits per heavy atom. The van der Waals surface area contributed by atoms with Gasteiger partial charge in [0, 0.05) is 16.5 Å². The molecule has 1 aromatic heterocycles. The summed E-state index contributed by atoms with van der Waals surface area (Å²) in [5, 5.41) is 21.2.